The lowest BCUT2D eigenvalue weighted by atomic mass is 9.76. The maximum Gasteiger partial charge on any atom is 0.0815 e. The van der Waals surface area contributed by atoms with E-state index >= 15 is 0 Å². The molecule has 0 saturated carbocycles. The van der Waals surface area contributed by atoms with E-state index in [9.17, 15) is 0 Å². The lowest BCUT2D eigenvalue weighted by molar-refractivity contribution is 0.00635. The number of nitrogens with zero attached hydrogens (tertiary/aromatic N) is 2. The molecule has 1 atom stereocenters. The molecule has 4 nitrogen and oxygen atoms in total. The number of pyridine rings is 1. The van der Waals surface area contributed by atoms with Gasteiger partial charge in [0.2, 0.25) is 0 Å². The molecule has 134 valence electrons. The SMILES string of the molecule is c1csc(CN2CCC3(CC2)COC(COCc2ccncc2)C3)c1. The highest BCUT2D eigenvalue weighted by molar-refractivity contribution is 7.09. The smallest absolute Gasteiger partial charge is 0.0815 e. The van der Waals surface area contributed by atoms with Crippen LogP contribution in [0.2, 0.25) is 0 Å². The number of piperidine rings is 1. The minimum absolute atomic E-state index is 0.255. The second-order valence-corrected chi connectivity index (χ2v) is 8.40. The molecular formula is C20H26N2O2S. The first-order valence-corrected chi connectivity index (χ1v) is 10.0. The second-order valence-electron chi connectivity index (χ2n) is 7.36. The molecule has 0 N–H and O–H groups in total. The summed E-state index contributed by atoms with van der Waals surface area (Å²) in [6, 6.07) is 8.39. The van der Waals surface area contributed by atoms with Crippen LogP contribution in [0.15, 0.2) is 42.0 Å². The van der Waals surface area contributed by atoms with Crippen molar-refractivity contribution in [3.63, 3.8) is 0 Å². The van der Waals surface area contributed by atoms with Crippen LogP contribution in [0.25, 0.3) is 0 Å². The Morgan fingerprint density at radius 2 is 2.08 bits per heavy atom. The number of hydrogen-bond acceptors (Lipinski definition) is 5. The molecular weight excluding hydrogens is 332 g/mol. The summed E-state index contributed by atoms with van der Waals surface area (Å²) in [6.45, 7) is 5.72. The monoisotopic (exact) mass is 358 g/mol. The zero-order valence-electron chi connectivity index (χ0n) is 14.6. The van der Waals surface area contributed by atoms with E-state index in [1.54, 1.807) is 0 Å². The topological polar surface area (TPSA) is 34.6 Å². The van der Waals surface area contributed by atoms with Gasteiger partial charge in [-0.05, 0) is 66.9 Å². The van der Waals surface area contributed by atoms with Gasteiger partial charge in [0.25, 0.3) is 0 Å². The Hall–Kier alpha value is -1.27. The Balaban J connectivity index is 1.20. The van der Waals surface area contributed by atoms with Crippen LogP contribution in [-0.4, -0.2) is 42.3 Å². The summed E-state index contributed by atoms with van der Waals surface area (Å²) in [4.78, 5) is 8.09. The molecule has 0 aliphatic carbocycles. The highest BCUT2D eigenvalue weighted by atomic mass is 32.1. The van der Waals surface area contributed by atoms with Crippen molar-refractivity contribution < 1.29 is 9.47 Å². The van der Waals surface area contributed by atoms with Gasteiger partial charge in [0.05, 0.1) is 25.9 Å². The fourth-order valence-electron chi connectivity index (χ4n) is 3.95. The van der Waals surface area contributed by atoms with Crippen LogP contribution in [-0.2, 0) is 22.6 Å². The third-order valence-corrected chi connectivity index (χ3v) is 6.35. The summed E-state index contributed by atoms with van der Waals surface area (Å²) in [5.41, 5.74) is 1.56. The van der Waals surface area contributed by atoms with Gasteiger partial charge in [-0.15, -0.1) is 11.3 Å². The highest BCUT2D eigenvalue weighted by Gasteiger charge is 2.42. The predicted octanol–water partition coefficient (Wildman–Crippen LogP) is 3.73. The first-order chi connectivity index (χ1) is 12.3. The Labute approximate surface area is 153 Å². The van der Waals surface area contributed by atoms with Crippen molar-refractivity contribution in [2.24, 2.45) is 5.41 Å². The van der Waals surface area contributed by atoms with Crippen molar-refractivity contribution in [1.82, 2.24) is 9.88 Å². The standard InChI is InChI=1S/C20H26N2O2S/c1-2-19(25-11-1)13-22-9-5-20(6-10-22)12-18(24-16-20)15-23-14-17-3-7-21-8-4-17/h1-4,7-8,11,18H,5-6,9-10,12-16H2. The molecule has 5 heteroatoms. The molecule has 2 aromatic heterocycles. The number of rotatable bonds is 6. The predicted molar refractivity (Wildman–Crippen MR) is 99.5 cm³/mol. The molecule has 2 aromatic rings. The Morgan fingerprint density at radius 1 is 1.24 bits per heavy atom. The van der Waals surface area contributed by atoms with E-state index in [-0.39, 0.29) is 6.10 Å². The maximum absolute atomic E-state index is 6.07. The van der Waals surface area contributed by atoms with E-state index in [1.165, 1.54) is 36.4 Å². The molecule has 1 spiro atoms. The van der Waals surface area contributed by atoms with Gasteiger partial charge in [0.1, 0.15) is 0 Å². The van der Waals surface area contributed by atoms with Crippen LogP contribution in [0.1, 0.15) is 29.7 Å². The number of ether oxygens (including phenoxy) is 2. The number of hydrogen-bond donors (Lipinski definition) is 0. The van der Waals surface area contributed by atoms with Gasteiger partial charge in [-0.3, -0.25) is 9.88 Å². The van der Waals surface area contributed by atoms with Gasteiger partial charge in [0.15, 0.2) is 0 Å². The van der Waals surface area contributed by atoms with Crippen LogP contribution in [0.5, 0.6) is 0 Å². The van der Waals surface area contributed by atoms with E-state index in [0.29, 0.717) is 18.6 Å². The zero-order valence-corrected chi connectivity index (χ0v) is 15.4. The largest absolute Gasteiger partial charge is 0.375 e. The molecule has 25 heavy (non-hydrogen) atoms. The van der Waals surface area contributed by atoms with Gasteiger partial charge in [0, 0.05) is 23.8 Å². The zero-order chi connectivity index (χ0) is 17.0. The van der Waals surface area contributed by atoms with E-state index in [2.05, 4.69) is 27.4 Å². The first kappa shape index (κ1) is 17.2. The lowest BCUT2D eigenvalue weighted by Crippen LogP contribution is -2.40. The van der Waals surface area contributed by atoms with Crippen molar-refractivity contribution in [2.45, 2.75) is 38.5 Å². The van der Waals surface area contributed by atoms with Gasteiger partial charge in [-0.2, -0.15) is 0 Å². The van der Waals surface area contributed by atoms with Crippen LogP contribution < -0.4 is 0 Å². The van der Waals surface area contributed by atoms with Crippen molar-refractivity contribution in [2.75, 3.05) is 26.3 Å². The molecule has 2 saturated heterocycles. The molecule has 2 fully saturated rings. The number of aromatic nitrogens is 1. The quantitative estimate of drug-likeness (QED) is 0.788. The Kier molecular flexibility index (Phi) is 5.46. The van der Waals surface area contributed by atoms with E-state index in [1.807, 2.05) is 35.9 Å². The molecule has 2 aliphatic heterocycles. The van der Waals surface area contributed by atoms with E-state index in [0.717, 1.165) is 19.6 Å². The van der Waals surface area contributed by atoms with Crippen LogP contribution >= 0.6 is 11.3 Å². The average Bonchev–Trinajstić information content (AvgIpc) is 3.29. The van der Waals surface area contributed by atoms with Gasteiger partial charge >= 0.3 is 0 Å². The molecule has 1 unspecified atom stereocenters. The minimum Gasteiger partial charge on any atom is -0.375 e. The van der Waals surface area contributed by atoms with Gasteiger partial charge < -0.3 is 9.47 Å². The molecule has 0 bridgehead atoms. The number of likely N-dealkylation sites (tertiary alicyclic amines) is 1. The molecule has 2 aliphatic rings. The average molecular weight is 359 g/mol. The summed E-state index contributed by atoms with van der Waals surface area (Å²) < 4.78 is 11.9. The summed E-state index contributed by atoms with van der Waals surface area (Å²) in [5, 5.41) is 2.17. The lowest BCUT2D eigenvalue weighted by Gasteiger charge is -2.38. The minimum atomic E-state index is 0.255. The summed E-state index contributed by atoms with van der Waals surface area (Å²) in [6.07, 6.45) is 7.52. The van der Waals surface area contributed by atoms with Crippen molar-refractivity contribution in [3.05, 3.63) is 52.5 Å². The fraction of sp³-hybridized carbons (Fsp3) is 0.550. The molecule has 4 heterocycles. The fourth-order valence-corrected chi connectivity index (χ4v) is 4.69. The van der Waals surface area contributed by atoms with Crippen molar-refractivity contribution in [1.29, 1.82) is 0 Å². The third kappa shape index (κ3) is 4.47. The van der Waals surface area contributed by atoms with Crippen LogP contribution in [0, 0.1) is 5.41 Å². The molecule has 4 rings (SSSR count). The number of thiophene rings is 1. The van der Waals surface area contributed by atoms with Gasteiger partial charge in [-0.25, -0.2) is 0 Å². The Bertz CT molecular complexity index is 639. The van der Waals surface area contributed by atoms with Crippen molar-refractivity contribution >= 4 is 11.3 Å². The molecule has 0 radical (unpaired) electrons. The van der Waals surface area contributed by atoms with E-state index < -0.39 is 0 Å². The van der Waals surface area contributed by atoms with Crippen molar-refractivity contribution in [3.8, 4) is 0 Å². The summed E-state index contributed by atoms with van der Waals surface area (Å²) >= 11 is 1.86. The van der Waals surface area contributed by atoms with Crippen LogP contribution in [0.3, 0.4) is 0 Å². The molecule has 0 amide bonds. The van der Waals surface area contributed by atoms with E-state index in [4.69, 9.17) is 9.47 Å². The Morgan fingerprint density at radius 3 is 2.84 bits per heavy atom. The summed E-state index contributed by atoms with van der Waals surface area (Å²) in [7, 11) is 0. The van der Waals surface area contributed by atoms with Crippen LogP contribution in [0.4, 0.5) is 0 Å². The van der Waals surface area contributed by atoms with Gasteiger partial charge in [-0.1, -0.05) is 6.07 Å². The third-order valence-electron chi connectivity index (χ3n) is 5.48. The normalized spacial score (nSPS) is 23.3. The first-order valence-electron chi connectivity index (χ1n) is 9.14. The maximum atomic E-state index is 6.07. The summed E-state index contributed by atoms with van der Waals surface area (Å²) in [5.74, 6) is 0. The second kappa shape index (κ2) is 7.96. The highest BCUT2D eigenvalue weighted by Crippen LogP contribution is 2.42. The molecule has 0 aromatic carbocycles.